The summed E-state index contributed by atoms with van der Waals surface area (Å²) in [5, 5.41) is 1.84. The van der Waals surface area contributed by atoms with E-state index >= 15 is 0 Å². The van der Waals surface area contributed by atoms with Gasteiger partial charge in [0.05, 0.1) is 6.54 Å². The Hall–Kier alpha value is -1.94. The first-order chi connectivity index (χ1) is 12.7. The molecule has 2 heterocycles. The van der Waals surface area contributed by atoms with Crippen molar-refractivity contribution in [2.75, 3.05) is 37.6 Å². The number of hydrogen-bond acceptors (Lipinski definition) is 4. The molecule has 0 amide bonds. The molecule has 2 aliphatic heterocycles. The van der Waals surface area contributed by atoms with E-state index in [0.29, 0.717) is 5.25 Å². The molecule has 0 aromatic heterocycles. The zero-order valence-corrected chi connectivity index (χ0v) is 16.5. The molecule has 0 bridgehead atoms. The van der Waals surface area contributed by atoms with E-state index in [0.717, 1.165) is 39.1 Å². The van der Waals surface area contributed by atoms with Crippen LogP contribution >= 0.6 is 11.8 Å². The molecule has 136 valence electrons. The molecular weight excluding hydrogens is 338 g/mol. The topological polar surface area (TPSA) is 18.8 Å². The molecule has 0 aliphatic carbocycles. The van der Waals surface area contributed by atoms with Crippen molar-refractivity contribution in [2.24, 2.45) is 4.99 Å². The summed E-state index contributed by atoms with van der Waals surface area (Å²) in [5.74, 6) is 0. The van der Waals surface area contributed by atoms with E-state index in [1.54, 1.807) is 0 Å². The lowest BCUT2D eigenvalue weighted by Gasteiger charge is -2.37. The van der Waals surface area contributed by atoms with E-state index in [9.17, 15) is 0 Å². The van der Waals surface area contributed by atoms with Crippen LogP contribution in [0.15, 0.2) is 53.5 Å². The van der Waals surface area contributed by atoms with E-state index in [1.165, 1.54) is 27.5 Å². The van der Waals surface area contributed by atoms with Gasteiger partial charge in [0, 0.05) is 37.1 Å². The summed E-state index contributed by atoms with van der Waals surface area (Å²) in [6.45, 7) is 9.52. The van der Waals surface area contributed by atoms with Crippen LogP contribution in [0.1, 0.15) is 16.7 Å². The number of aryl methyl sites for hydroxylation is 2. The number of aliphatic imine (C=N–C) groups is 1. The lowest BCUT2D eigenvalue weighted by atomic mass is 10.1. The Bertz CT molecular complexity index is 759. The average Bonchev–Trinajstić information content (AvgIpc) is 3.13. The highest BCUT2D eigenvalue weighted by Gasteiger charge is 2.26. The molecular formula is C22H27N3S. The Morgan fingerprint density at radius 1 is 0.846 bits per heavy atom. The summed E-state index contributed by atoms with van der Waals surface area (Å²) in [6, 6.07) is 17.8. The smallest absolute Gasteiger partial charge is 0.159 e. The van der Waals surface area contributed by atoms with Gasteiger partial charge in [-0.1, -0.05) is 59.3 Å². The van der Waals surface area contributed by atoms with Gasteiger partial charge in [-0.2, -0.15) is 0 Å². The van der Waals surface area contributed by atoms with Crippen LogP contribution in [-0.4, -0.2) is 48.0 Å². The van der Waals surface area contributed by atoms with Gasteiger partial charge in [-0.25, -0.2) is 0 Å². The van der Waals surface area contributed by atoms with Gasteiger partial charge in [0.2, 0.25) is 0 Å². The first-order valence-electron chi connectivity index (χ1n) is 9.50. The van der Waals surface area contributed by atoms with Gasteiger partial charge in [-0.3, -0.25) is 4.99 Å². The first-order valence-corrected chi connectivity index (χ1v) is 10.4. The number of thioether (sulfide) groups is 1. The van der Waals surface area contributed by atoms with Crippen molar-refractivity contribution in [3.8, 4) is 0 Å². The van der Waals surface area contributed by atoms with E-state index in [4.69, 9.17) is 4.99 Å². The zero-order chi connectivity index (χ0) is 17.9. The summed E-state index contributed by atoms with van der Waals surface area (Å²) in [6.07, 6.45) is 1.11. The molecule has 26 heavy (non-hydrogen) atoms. The number of amidine groups is 1. The summed E-state index contributed by atoms with van der Waals surface area (Å²) in [5.41, 5.74) is 5.42. The number of rotatable bonds is 3. The number of benzene rings is 2. The minimum Gasteiger partial charge on any atom is -0.368 e. The van der Waals surface area contributed by atoms with Crippen molar-refractivity contribution in [2.45, 2.75) is 25.5 Å². The fraction of sp³-hybridized carbons (Fsp3) is 0.409. The Kier molecular flexibility index (Phi) is 5.21. The monoisotopic (exact) mass is 365 g/mol. The molecule has 1 saturated heterocycles. The standard InChI is InChI=1S/C22H27N3S/c1-17-3-7-19(8-4-17)15-21-16-23-22(26-21)25-13-11-24(12-14-25)20-9-5-18(2)6-10-20/h3-10,21H,11-16H2,1-2H3/t21-/m1/s1. The molecule has 0 N–H and O–H groups in total. The SMILES string of the molecule is Cc1ccc(C[C@@H]2CN=C(N3CCN(c4ccc(C)cc4)CC3)S2)cc1. The molecule has 3 nitrogen and oxygen atoms in total. The van der Waals surface area contributed by atoms with Gasteiger partial charge in [-0.05, 0) is 38.0 Å². The molecule has 2 aliphatic rings. The van der Waals surface area contributed by atoms with Crippen LogP contribution in [0.3, 0.4) is 0 Å². The van der Waals surface area contributed by atoms with E-state index in [2.05, 4.69) is 72.2 Å². The maximum atomic E-state index is 4.85. The van der Waals surface area contributed by atoms with Crippen molar-refractivity contribution >= 4 is 22.6 Å². The zero-order valence-electron chi connectivity index (χ0n) is 15.7. The van der Waals surface area contributed by atoms with Crippen molar-refractivity contribution in [1.82, 2.24) is 4.90 Å². The number of hydrogen-bond donors (Lipinski definition) is 0. The molecule has 4 rings (SSSR count). The second-order valence-electron chi connectivity index (χ2n) is 7.36. The second-order valence-corrected chi connectivity index (χ2v) is 8.63. The average molecular weight is 366 g/mol. The fourth-order valence-electron chi connectivity index (χ4n) is 3.58. The molecule has 2 aromatic carbocycles. The highest BCUT2D eigenvalue weighted by Crippen LogP contribution is 2.28. The van der Waals surface area contributed by atoms with E-state index in [1.807, 2.05) is 11.8 Å². The Morgan fingerprint density at radius 3 is 2.08 bits per heavy atom. The summed E-state index contributed by atoms with van der Waals surface area (Å²) in [4.78, 5) is 9.81. The van der Waals surface area contributed by atoms with Crippen molar-refractivity contribution < 1.29 is 0 Å². The molecule has 1 fully saturated rings. The molecule has 1 atom stereocenters. The van der Waals surface area contributed by atoms with Crippen LogP contribution in [0.25, 0.3) is 0 Å². The third kappa shape index (κ3) is 4.07. The predicted molar refractivity (Wildman–Crippen MR) is 114 cm³/mol. The summed E-state index contributed by atoms with van der Waals surface area (Å²) < 4.78 is 0. The van der Waals surface area contributed by atoms with Crippen LogP contribution in [0.5, 0.6) is 0 Å². The maximum absolute atomic E-state index is 4.85. The normalized spacial score (nSPS) is 20.4. The number of piperazine rings is 1. The van der Waals surface area contributed by atoms with Crippen LogP contribution in [0, 0.1) is 13.8 Å². The quantitative estimate of drug-likeness (QED) is 0.815. The van der Waals surface area contributed by atoms with Gasteiger partial charge in [0.15, 0.2) is 5.17 Å². The lowest BCUT2D eigenvalue weighted by Crippen LogP contribution is -2.47. The van der Waals surface area contributed by atoms with Crippen LogP contribution in [0.2, 0.25) is 0 Å². The fourth-order valence-corrected chi connectivity index (χ4v) is 4.79. The second kappa shape index (κ2) is 7.75. The number of anilines is 1. The van der Waals surface area contributed by atoms with Gasteiger partial charge in [0.25, 0.3) is 0 Å². The van der Waals surface area contributed by atoms with Crippen LogP contribution in [0.4, 0.5) is 5.69 Å². The van der Waals surface area contributed by atoms with Crippen molar-refractivity contribution in [3.63, 3.8) is 0 Å². The molecule has 2 aromatic rings. The Balaban J connectivity index is 1.28. The largest absolute Gasteiger partial charge is 0.368 e. The Morgan fingerprint density at radius 2 is 1.42 bits per heavy atom. The van der Waals surface area contributed by atoms with Gasteiger partial charge < -0.3 is 9.80 Å². The Labute approximate surface area is 161 Å². The summed E-state index contributed by atoms with van der Waals surface area (Å²) in [7, 11) is 0. The van der Waals surface area contributed by atoms with E-state index < -0.39 is 0 Å². The van der Waals surface area contributed by atoms with Gasteiger partial charge in [0.1, 0.15) is 0 Å². The van der Waals surface area contributed by atoms with Crippen LogP contribution < -0.4 is 4.90 Å². The van der Waals surface area contributed by atoms with Crippen molar-refractivity contribution in [1.29, 1.82) is 0 Å². The number of nitrogens with zero attached hydrogens (tertiary/aromatic N) is 3. The molecule has 4 heteroatoms. The summed E-state index contributed by atoms with van der Waals surface area (Å²) >= 11 is 1.97. The van der Waals surface area contributed by atoms with Crippen molar-refractivity contribution in [3.05, 3.63) is 65.2 Å². The molecule has 0 radical (unpaired) electrons. The minimum atomic E-state index is 0.586. The third-order valence-corrected chi connectivity index (χ3v) is 6.48. The van der Waals surface area contributed by atoms with Gasteiger partial charge >= 0.3 is 0 Å². The van der Waals surface area contributed by atoms with Gasteiger partial charge in [-0.15, -0.1) is 0 Å². The molecule has 0 spiro atoms. The molecule has 0 saturated carbocycles. The van der Waals surface area contributed by atoms with E-state index in [-0.39, 0.29) is 0 Å². The maximum Gasteiger partial charge on any atom is 0.159 e. The lowest BCUT2D eigenvalue weighted by molar-refractivity contribution is 0.392. The molecule has 0 unspecified atom stereocenters. The third-order valence-electron chi connectivity index (χ3n) is 5.24. The first kappa shape index (κ1) is 17.5. The highest BCUT2D eigenvalue weighted by atomic mass is 32.2. The minimum absolute atomic E-state index is 0.586. The highest BCUT2D eigenvalue weighted by molar-refractivity contribution is 8.14. The predicted octanol–water partition coefficient (Wildman–Crippen LogP) is 4.14. The van der Waals surface area contributed by atoms with Crippen LogP contribution in [-0.2, 0) is 6.42 Å².